The van der Waals surface area contributed by atoms with E-state index in [1.54, 1.807) is 42.5 Å². The summed E-state index contributed by atoms with van der Waals surface area (Å²) < 4.78 is 27.3. The lowest BCUT2D eigenvalue weighted by molar-refractivity contribution is -0.120. The minimum absolute atomic E-state index is 0.0594. The third kappa shape index (κ3) is 3.75. The maximum absolute atomic E-state index is 13.0. The number of sulfonamides is 1. The lowest BCUT2D eigenvalue weighted by atomic mass is 9.98. The van der Waals surface area contributed by atoms with Crippen LogP contribution in [-0.4, -0.2) is 55.5 Å². The van der Waals surface area contributed by atoms with Crippen molar-refractivity contribution in [1.82, 2.24) is 9.21 Å². The van der Waals surface area contributed by atoms with Crippen molar-refractivity contribution in [2.75, 3.05) is 25.5 Å². The monoisotopic (exact) mass is 441 g/mol. The van der Waals surface area contributed by atoms with Gasteiger partial charge in [-0.3, -0.25) is 19.3 Å². The number of amides is 3. The van der Waals surface area contributed by atoms with Crippen LogP contribution in [0.4, 0.5) is 5.69 Å². The SMILES string of the molecule is Cc1ccc(S(=O)(=O)N2CCCC(C(=O)Nc3cccc4c3C(=O)N(C)C4=O)C2)cc1. The molecule has 8 nitrogen and oxygen atoms in total. The Morgan fingerprint density at radius 1 is 1.06 bits per heavy atom. The van der Waals surface area contributed by atoms with E-state index in [0.29, 0.717) is 19.4 Å². The molecule has 1 atom stereocenters. The van der Waals surface area contributed by atoms with Crippen LogP contribution in [0.1, 0.15) is 39.1 Å². The Kier molecular flexibility index (Phi) is 5.40. The van der Waals surface area contributed by atoms with E-state index in [1.165, 1.54) is 11.4 Å². The lowest BCUT2D eigenvalue weighted by Gasteiger charge is -2.31. The van der Waals surface area contributed by atoms with Crippen molar-refractivity contribution >= 4 is 33.4 Å². The van der Waals surface area contributed by atoms with Crippen molar-refractivity contribution in [2.24, 2.45) is 5.92 Å². The average Bonchev–Trinajstić information content (AvgIpc) is 2.99. The lowest BCUT2D eigenvalue weighted by Crippen LogP contribution is -2.43. The number of benzene rings is 2. The van der Waals surface area contributed by atoms with Crippen LogP contribution in [-0.2, 0) is 14.8 Å². The van der Waals surface area contributed by atoms with Gasteiger partial charge in [-0.15, -0.1) is 0 Å². The molecule has 4 rings (SSSR count). The third-order valence-electron chi connectivity index (χ3n) is 5.79. The van der Waals surface area contributed by atoms with Gasteiger partial charge in [-0.1, -0.05) is 23.8 Å². The van der Waals surface area contributed by atoms with Crippen LogP contribution in [0.5, 0.6) is 0 Å². The highest BCUT2D eigenvalue weighted by Gasteiger charge is 2.37. The molecule has 1 saturated heterocycles. The van der Waals surface area contributed by atoms with E-state index in [9.17, 15) is 22.8 Å². The summed E-state index contributed by atoms with van der Waals surface area (Å²) in [5.41, 5.74) is 1.65. The topological polar surface area (TPSA) is 104 Å². The van der Waals surface area contributed by atoms with Gasteiger partial charge in [0.15, 0.2) is 0 Å². The zero-order valence-electron chi connectivity index (χ0n) is 17.3. The van der Waals surface area contributed by atoms with Crippen LogP contribution in [0, 0.1) is 12.8 Å². The molecule has 0 bridgehead atoms. The minimum Gasteiger partial charge on any atom is -0.325 e. The standard InChI is InChI=1S/C22H23N3O5S/c1-14-8-10-16(11-9-14)31(29,30)25-12-4-5-15(13-25)20(26)23-18-7-3-6-17-19(18)22(28)24(2)21(17)27/h3,6-11,15H,4-5,12-13H2,1-2H3,(H,23,26). The molecule has 1 N–H and O–H groups in total. The number of anilines is 1. The molecular formula is C22H23N3O5S. The van der Waals surface area contributed by atoms with Crippen LogP contribution in [0.2, 0.25) is 0 Å². The first-order valence-corrected chi connectivity index (χ1v) is 11.5. The van der Waals surface area contributed by atoms with Crippen molar-refractivity contribution < 1.29 is 22.8 Å². The fraction of sp³-hybridized carbons (Fsp3) is 0.318. The van der Waals surface area contributed by atoms with Crippen molar-refractivity contribution in [3.05, 3.63) is 59.2 Å². The van der Waals surface area contributed by atoms with Gasteiger partial charge >= 0.3 is 0 Å². The summed E-state index contributed by atoms with van der Waals surface area (Å²) in [6.45, 7) is 2.29. The van der Waals surface area contributed by atoms with Gasteiger partial charge < -0.3 is 5.32 Å². The number of piperidine rings is 1. The van der Waals surface area contributed by atoms with Crippen LogP contribution in [0.15, 0.2) is 47.4 Å². The number of hydrogen-bond donors (Lipinski definition) is 1. The molecule has 0 aliphatic carbocycles. The molecule has 0 radical (unpaired) electrons. The van der Waals surface area contributed by atoms with E-state index < -0.39 is 27.8 Å². The number of nitrogens with one attached hydrogen (secondary N) is 1. The number of carbonyl (C=O) groups excluding carboxylic acids is 3. The maximum Gasteiger partial charge on any atom is 0.263 e. The first-order valence-electron chi connectivity index (χ1n) is 10.0. The molecule has 2 heterocycles. The Bertz CT molecular complexity index is 1170. The summed E-state index contributed by atoms with van der Waals surface area (Å²) in [7, 11) is -2.31. The summed E-state index contributed by atoms with van der Waals surface area (Å²) in [6.07, 6.45) is 1.09. The summed E-state index contributed by atoms with van der Waals surface area (Å²) in [5.74, 6) is -1.81. The molecule has 0 saturated carbocycles. The van der Waals surface area contributed by atoms with Crippen molar-refractivity contribution in [3.63, 3.8) is 0 Å². The van der Waals surface area contributed by atoms with E-state index in [0.717, 1.165) is 10.5 Å². The van der Waals surface area contributed by atoms with Crippen molar-refractivity contribution in [3.8, 4) is 0 Å². The zero-order chi connectivity index (χ0) is 22.3. The number of aryl methyl sites for hydroxylation is 1. The van der Waals surface area contributed by atoms with Gasteiger partial charge in [-0.05, 0) is 44.0 Å². The summed E-state index contributed by atoms with van der Waals surface area (Å²) in [5, 5.41) is 2.74. The zero-order valence-corrected chi connectivity index (χ0v) is 18.1. The normalized spacial score (nSPS) is 19.4. The largest absolute Gasteiger partial charge is 0.325 e. The second-order valence-electron chi connectivity index (χ2n) is 7.90. The van der Waals surface area contributed by atoms with Crippen LogP contribution >= 0.6 is 0 Å². The van der Waals surface area contributed by atoms with Gasteiger partial charge in [0.05, 0.1) is 27.6 Å². The Hall–Kier alpha value is -3.04. The predicted molar refractivity (Wildman–Crippen MR) is 114 cm³/mol. The maximum atomic E-state index is 13.0. The molecule has 9 heteroatoms. The van der Waals surface area contributed by atoms with Gasteiger partial charge in [-0.25, -0.2) is 8.42 Å². The van der Waals surface area contributed by atoms with Crippen LogP contribution in [0.3, 0.4) is 0 Å². The van der Waals surface area contributed by atoms with E-state index in [1.807, 2.05) is 6.92 Å². The Morgan fingerprint density at radius 2 is 1.77 bits per heavy atom. The fourth-order valence-corrected chi connectivity index (χ4v) is 5.50. The van der Waals surface area contributed by atoms with Crippen molar-refractivity contribution in [2.45, 2.75) is 24.7 Å². The van der Waals surface area contributed by atoms with Gasteiger partial charge in [0.2, 0.25) is 15.9 Å². The van der Waals surface area contributed by atoms with Gasteiger partial charge in [-0.2, -0.15) is 4.31 Å². The fourth-order valence-electron chi connectivity index (χ4n) is 3.97. The molecule has 0 aromatic heterocycles. The number of nitrogens with zero attached hydrogens (tertiary/aromatic N) is 2. The number of imide groups is 1. The van der Waals surface area contributed by atoms with Crippen LogP contribution in [0.25, 0.3) is 0 Å². The van der Waals surface area contributed by atoms with E-state index >= 15 is 0 Å². The second-order valence-corrected chi connectivity index (χ2v) is 9.84. The Balaban J connectivity index is 1.53. The molecule has 2 aliphatic rings. The molecule has 1 fully saturated rings. The molecule has 31 heavy (non-hydrogen) atoms. The highest BCUT2D eigenvalue weighted by atomic mass is 32.2. The molecule has 3 amide bonds. The van der Waals surface area contributed by atoms with Gasteiger partial charge in [0.1, 0.15) is 0 Å². The van der Waals surface area contributed by atoms with Gasteiger partial charge in [0.25, 0.3) is 11.8 Å². The highest BCUT2D eigenvalue weighted by Crippen LogP contribution is 2.30. The third-order valence-corrected chi connectivity index (χ3v) is 7.67. The minimum atomic E-state index is -3.70. The number of fused-ring (bicyclic) bond motifs is 1. The second kappa shape index (κ2) is 7.90. The predicted octanol–water partition coefficient (Wildman–Crippen LogP) is 2.26. The first-order chi connectivity index (χ1) is 14.7. The Labute approximate surface area is 180 Å². The Morgan fingerprint density at radius 3 is 2.48 bits per heavy atom. The highest BCUT2D eigenvalue weighted by molar-refractivity contribution is 7.89. The van der Waals surface area contributed by atoms with E-state index in [2.05, 4.69) is 5.32 Å². The van der Waals surface area contributed by atoms with E-state index in [-0.39, 0.29) is 34.2 Å². The van der Waals surface area contributed by atoms with Crippen LogP contribution < -0.4 is 5.32 Å². The van der Waals surface area contributed by atoms with E-state index in [4.69, 9.17) is 0 Å². The number of hydrogen-bond acceptors (Lipinski definition) is 5. The van der Waals surface area contributed by atoms with Crippen molar-refractivity contribution in [1.29, 1.82) is 0 Å². The molecular weight excluding hydrogens is 418 g/mol. The first kappa shape index (κ1) is 21.2. The number of carbonyl (C=O) groups is 3. The molecule has 162 valence electrons. The molecule has 0 spiro atoms. The quantitative estimate of drug-likeness (QED) is 0.733. The summed E-state index contributed by atoms with van der Waals surface area (Å²) in [4.78, 5) is 38.8. The summed E-state index contributed by atoms with van der Waals surface area (Å²) in [6, 6.07) is 11.4. The molecule has 2 aromatic carbocycles. The number of rotatable bonds is 4. The smallest absolute Gasteiger partial charge is 0.263 e. The molecule has 2 aromatic rings. The summed E-state index contributed by atoms with van der Waals surface area (Å²) >= 11 is 0. The molecule has 2 aliphatic heterocycles. The van der Waals surface area contributed by atoms with Gasteiger partial charge in [0, 0.05) is 20.1 Å². The average molecular weight is 442 g/mol. The molecule has 1 unspecified atom stereocenters.